The summed E-state index contributed by atoms with van der Waals surface area (Å²) in [5, 5.41) is 2.77. The Labute approximate surface area is 123 Å². The molecule has 0 radical (unpaired) electrons. The van der Waals surface area contributed by atoms with Crippen LogP contribution in [0.2, 0.25) is 0 Å². The van der Waals surface area contributed by atoms with E-state index < -0.39 is 0 Å². The molecule has 1 aromatic heterocycles. The zero-order valence-electron chi connectivity index (χ0n) is 12.4. The summed E-state index contributed by atoms with van der Waals surface area (Å²) in [6.07, 6.45) is 4.42. The van der Waals surface area contributed by atoms with Crippen molar-refractivity contribution in [1.82, 2.24) is 9.55 Å². The van der Waals surface area contributed by atoms with Crippen molar-refractivity contribution in [2.24, 2.45) is 7.05 Å². The molecule has 1 amide bonds. The van der Waals surface area contributed by atoms with Gasteiger partial charge in [-0.3, -0.25) is 10.1 Å². The van der Waals surface area contributed by atoms with E-state index in [-0.39, 0.29) is 5.91 Å². The molecule has 0 aliphatic rings. The fourth-order valence-electron chi connectivity index (χ4n) is 1.97. The van der Waals surface area contributed by atoms with E-state index in [0.717, 1.165) is 5.56 Å². The average Bonchev–Trinajstić information content (AvgIpc) is 2.90. The Kier molecular flexibility index (Phi) is 4.81. The van der Waals surface area contributed by atoms with Gasteiger partial charge in [-0.25, -0.2) is 4.98 Å². The highest BCUT2D eigenvalue weighted by Crippen LogP contribution is 2.27. The van der Waals surface area contributed by atoms with E-state index in [1.54, 1.807) is 31.2 Å². The van der Waals surface area contributed by atoms with Crippen LogP contribution >= 0.6 is 0 Å². The SMILES string of the molecule is COc1ccc(CCC(=O)Nc2nccn2C)cc1OC. The Hall–Kier alpha value is -2.50. The van der Waals surface area contributed by atoms with E-state index in [1.165, 1.54) is 0 Å². The first-order chi connectivity index (χ1) is 10.1. The molecule has 0 atom stereocenters. The number of nitrogens with one attached hydrogen (secondary N) is 1. The summed E-state index contributed by atoms with van der Waals surface area (Å²) < 4.78 is 12.2. The van der Waals surface area contributed by atoms with Gasteiger partial charge in [-0.1, -0.05) is 6.07 Å². The van der Waals surface area contributed by atoms with Crippen LogP contribution in [0.3, 0.4) is 0 Å². The maximum Gasteiger partial charge on any atom is 0.227 e. The van der Waals surface area contributed by atoms with Gasteiger partial charge >= 0.3 is 0 Å². The molecule has 0 unspecified atom stereocenters. The lowest BCUT2D eigenvalue weighted by Gasteiger charge is -2.09. The van der Waals surface area contributed by atoms with Crippen LogP contribution < -0.4 is 14.8 Å². The third-order valence-electron chi connectivity index (χ3n) is 3.16. The van der Waals surface area contributed by atoms with E-state index in [4.69, 9.17) is 9.47 Å². The monoisotopic (exact) mass is 289 g/mol. The predicted molar refractivity (Wildman–Crippen MR) is 79.7 cm³/mol. The molecule has 1 heterocycles. The number of ether oxygens (including phenoxy) is 2. The number of benzene rings is 1. The van der Waals surface area contributed by atoms with Crippen molar-refractivity contribution in [3.63, 3.8) is 0 Å². The van der Waals surface area contributed by atoms with E-state index in [0.29, 0.717) is 30.3 Å². The molecule has 0 aliphatic heterocycles. The van der Waals surface area contributed by atoms with Crippen LogP contribution in [0.15, 0.2) is 30.6 Å². The number of carbonyl (C=O) groups is 1. The third-order valence-corrected chi connectivity index (χ3v) is 3.16. The van der Waals surface area contributed by atoms with Gasteiger partial charge in [0.1, 0.15) is 0 Å². The molecule has 0 spiro atoms. The number of nitrogens with zero attached hydrogens (tertiary/aromatic N) is 2. The summed E-state index contributed by atoms with van der Waals surface area (Å²) in [5.74, 6) is 1.82. The van der Waals surface area contributed by atoms with Crippen molar-refractivity contribution < 1.29 is 14.3 Å². The molecule has 1 N–H and O–H groups in total. The molecule has 0 saturated heterocycles. The number of amides is 1. The highest BCUT2D eigenvalue weighted by atomic mass is 16.5. The second-order valence-electron chi connectivity index (χ2n) is 4.60. The van der Waals surface area contributed by atoms with E-state index in [2.05, 4.69) is 10.3 Å². The number of anilines is 1. The summed E-state index contributed by atoms with van der Waals surface area (Å²) >= 11 is 0. The van der Waals surface area contributed by atoms with Gasteiger partial charge in [0.05, 0.1) is 14.2 Å². The van der Waals surface area contributed by atoms with Gasteiger partial charge in [0.15, 0.2) is 11.5 Å². The first-order valence-corrected chi connectivity index (χ1v) is 6.62. The van der Waals surface area contributed by atoms with Gasteiger partial charge in [0.2, 0.25) is 11.9 Å². The van der Waals surface area contributed by atoms with Crippen molar-refractivity contribution in [2.45, 2.75) is 12.8 Å². The maximum absolute atomic E-state index is 11.9. The second kappa shape index (κ2) is 6.78. The zero-order chi connectivity index (χ0) is 15.2. The molecule has 6 nitrogen and oxygen atoms in total. The van der Waals surface area contributed by atoms with Crippen LogP contribution in [-0.2, 0) is 18.3 Å². The number of hydrogen-bond donors (Lipinski definition) is 1. The standard InChI is InChI=1S/C15H19N3O3/c1-18-9-8-16-15(18)17-14(19)7-5-11-4-6-12(20-2)13(10-11)21-3/h4,6,8-10H,5,7H2,1-3H3,(H,16,17,19). The Morgan fingerprint density at radius 2 is 2.05 bits per heavy atom. The van der Waals surface area contributed by atoms with E-state index in [1.807, 2.05) is 25.2 Å². The topological polar surface area (TPSA) is 65.4 Å². The van der Waals surface area contributed by atoms with Crippen molar-refractivity contribution in [1.29, 1.82) is 0 Å². The van der Waals surface area contributed by atoms with Gasteiger partial charge in [-0.2, -0.15) is 0 Å². The van der Waals surface area contributed by atoms with Crippen LogP contribution in [0.25, 0.3) is 0 Å². The Morgan fingerprint density at radius 3 is 2.67 bits per heavy atom. The zero-order valence-corrected chi connectivity index (χ0v) is 12.4. The smallest absolute Gasteiger partial charge is 0.227 e. The molecule has 0 fully saturated rings. The number of carbonyl (C=O) groups excluding carboxylic acids is 1. The summed E-state index contributed by atoms with van der Waals surface area (Å²) in [6.45, 7) is 0. The minimum Gasteiger partial charge on any atom is -0.493 e. The highest BCUT2D eigenvalue weighted by Gasteiger charge is 2.08. The normalized spacial score (nSPS) is 10.2. The molecule has 6 heteroatoms. The second-order valence-corrected chi connectivity index (χ2v) is 4.60. The molecule has 0 bridgehead atoms. The van der Waals surface area contributed by atoms with Gasteiger partial charge in [-0.15, -0.1) is 0 Å². The van der Waals surface area contributed by atoms with Gasteiger partial charge in [-0.05, 0) is 24.1 Å². The molecule has 112 valence electrons. The number of aromatic nitrogens is 2. The first-order valence-electron chi connectivity index (χ1n) is 6.62. The van der Waals surface area contributed by atoms with Crippen LogP contribution in [-0.4, -0.2) is 29.7 Å². The van der Waals surface area contributed by atoms with Gasteiger partial charge in [0, 0.05) is 25.9 Å². The summed E-state index contributed by atoms with van der Waals surface area (Å²) in [6, 6.07) is 5.65. The fraction of sp³-hybridized carbons (Fsp3) is 0.333. The van der Waals surface area contributed by atoms with Crippen LogP contribution in [0.1, 0.15) is 12.0 Å². The number of methoxy groups -OCH3 is 2. The molecule has 0 aliphatic carbocycles. The predicted octanol–water partition coefficient (Wildman–Crippen LogP) is 2.01. The Balaban J connectivity index is 1.93. The molecule has 2 aromatic rings. The number of hydrogen-bond acceptors (Lipinski definition) is 4. The van der Waals surface area contributed by atoms with E-state index >= 15 is 0 Å². The van der Waals surface area contributed by atoms with Crippen molar-refractivity contribution in [2.75, 3.05) is 19.5 Å². The quantitative estimate of drug-likeness (QED) is 0.883. The lowest BCUT2D eigenvalue weighted by atomic mass is 10.1. The minimum absolute atomic E-state index is 0.0703. The van der Waals surface area contributed by atoms with Gasteiger partial charge in [0.25, 0.3) is 0 Å². The molecular weight excluding hydrogens is 270 g/mol. The third kappa shape index (κ3) is 3.75. The molecule has 21 heavy (non-hydrogen) atoms. The van der Waals surface area contributed by atoms with Crippen LogP contribution in [0, 0.1) is 0 Å². The lowest BCUT2D eigenvalue weighted by molar-refractivity contribution is -0.116. The van der Waals surface area contributed by atoms with Crippen LogP contribution in [0.5, 0.6) is 11.5 Å². The maximum atomic E-state index is 11.9. The summed E-state index contributed by atoms with van der Waals surface area (Å²) in [5.41, 5.74) is 1.02. The Morgan fingerprint density at radius 1 is 1.29 bits per heavy atom. The summed E-state index contributed by atoms with van der Waals surface area (Å²) in [4.78, 5) is 15.9. The fourth-order valence-corrected chi connectivity index (χ4v) is 1.97. The van der Waals surface area contributed by atoms with Crippen LogP contribution in [0.4, 0.5) is 5.95 Å². The molecule has 1 aromatic carbocycles. The first kappa shape index (κ1) is 14.9. The van der Waals surface area contributed by atoms with Crippen molar-refractivity contribution >= 4 is 11.9 Å². The largest absolute Gasteiger partial charge is 0.493 e. The molecular formula is C15H19N3O3. The Bertz CT molecular complexity index is 622. The summed E-state index contributed by atoms with van der Waals surface area (Å²) in [7, 11) is 5.02. The molecule has 2 rings (SSSR count). The van der Waals surface area contributed by atoms with Crippen molar-refractivity contribution in [3.05, 3.63) is 36.2 Å². The average molecular weight is 289 g/mol. The van der Waals surface area contributed by atoms with Gasteiger partial charge < -0.3 is 14.0 Å². The van der Waals surface area contributed by atoms with Crippen molar-refractivity contribution in [3.8, 4) is 11.5 Å². The lowest BCUT2D eigenvalue weighted by Crippen LogP contribution is -2.15. The number of imidazole rings is 1. The minimum atomic E-state index is -0.0703. The molecule has 0 saturated carbocycles. The van der Waals surface area contributed by atoms with E-state index in [9.17, 15) is 4.79 Å². The highest BCUT2D eigenvalue weighted by molar-refractivity contribution is 5.89. The number of aryl methyl sites for hydroxylation is 2. The number of rotatable bonds is 6.